The quantitative estimate of drug-likeness (QED) is 0.247. The second-order valence-electron chi connectivity index (χ2n) is 0.285. The summed E-state index contributed by atoms with van der Waals surface area (Å²) in [6, 6.07) is 0. The molecule has 0 aromatic rings. The number of hydrazine groups is 1. The van der Waals surface area contributed by atoms with E-state index in [1.807, 2.05) is 0 Å². The summed E-state index contributed by atoms with van der Waals surface area (Å²) in [5.74, 6) is 3.83. The topological polar surface area (TPSA) is 69.2 Å². The number of rotatable bonds is 0. The molecule has 0 unspecified atom stereocenters. The van der Waals surface area contributed by atoms with Crippen LogP contribution < -0.4 is 5.84 Å². The first-order valence-corrected chi connectivity index (χ1v) is 0.623. The predicted molar refractivity (Wildman–Crippen MR) is 17.9 cm³/mol. The lowest BCUT2D eigenvalue weighted by Crippen LogP contribution is -2.04. The highest BCUT2D eigenvalue weighted by atomic mass is 16.7. The van der Waals surface area contributed by atoms with Gasteiger partial charge in [-0.25, -0.2) is 10.1 Å². The van der Waals surface area contributed by atoms with Crippen molar-refractivity contribution in [2.45, 2.75) is 7.43 Å². The number of nitrogens with two attached hydrogens (primary N) is 1. The van der Waals surface area contributed by atoms with Crippen LogP contribution in [0.25, 0.3) is 0 Å². The number of hydrogen-bond acceptors (Lipinski definition) is 2. The molecule has 0 aliphatic rings. The summed E-state index contributed by atoms with van der Waals surface area (Å²) in [4.78, 5) is 8.58. The van der Waals surface area contributed by atoms with Gasteiger partial charge in [-0.15, -0.1) is 0 Å². The van der Waals surface area contributed by atoms with Crippen molar-refractivity contribution in [3.05, 3.63) is 10.1 Å². The van der Waals surface area contributed by atoms with Crippen LogP contribution in [0.5, 0.6) is 0 Å². The Morgan fingerprint density at radius 3 is 1.80 bits per heavy atom. The van der Waals surface area contributed by atoms with Gasteiger partial charge in [0.1, 0.15) is 0 Å². The molecule has 0 aromatic heterocycles. The molecule has 32 valence electrons. The maximum atomic E-state index is 8.58. The van der Waals surface area contributed by atoms with Crippen LogP contribution in [-0.4, -0.2) is 5.03 Å². The fourth-order valence-corrected chi connectivity index (χ4v) is 0. The van der Waals surface area contributed by atoms with Crippen molar-refractivity contribution in [3.8, 4) is 0 Å². The van der Waals surface area contributed by atoms with E-state index in [0.717, 1.165) is 0 Å². The van der Waals surface area contributed by atoms with E-state index in [9.17, 15) is 0 Å². The molecule has 0 fully saturated rings. The maximum Gasteiger partial charge on any atom is 0.154 e. The van der Waals surface area contributed by atoms with Gasteiger partial charge in [-0.1, -0.05) is 7.43 Å². The Labute approximate surface area is 29.7 Å². The van der Waals surface area contributed by atoms with Gasteiger partial charge >= 0.3 is 0 Å². The van der Waals surface area contributed by atoms with Crippen molar-refractivity contribution in [3.63, 3.8) is 0 Å². The van der Waals surface area contributed by atoms with Crippen molar-refractivity contribution >= 4 is 0 Å². The van der Waals surface area contributed by atoms with Crippen LogP contribution >= 0.6 is 0 Å². The van der Waals surface area contributed by atoms with Crippen LogP contribution in [0.2, 0.25) is 0 Å². The Morgan fingerprint density at radius 2 is 1.80 bits per heavy atom. The van der Waals surface area contributed by atoms with Gasteiger partial charge in [0, 0.05) is 0 Å². The number of nitro groups is 1. The molecule has 5 heavy (non-hydrogen) atoms. The molecule has 0 radical (unpaired) electrons. The first kappa shape index (κ1) is 8.89. The Bertz CT molecular complexity index is 30.6. The molecule has 0 aliphatic carbocycles. The summed E-state index contributed by atoms with van der Waals surface area (Å²) < 4.78 is 0. The molecular weight excluding hydrogens is 72.0 g/mol. The van der Waals surface area contributed by atoms with Crippen LogP contribution in [0.15, 0.2) is 0 Å². The lowest BCUT2D eigenvalue weighted by atomic mass is 12.0. The van der Waals surface area contributed by atoms with E-state index in [4.69, 9.17) is 10.1 Å². The molecule has 0 saturated carbocycles. The zero-order chi connectivity index (χ0) is 3.58. The molecule has 0 bridgehead atoms. The molecule has 0 saturated heterocycles. The SMILES string of the molecule is C.N[N+](=O)[O-]. The molecular formula is CH6N2O2. The zero-order valence-electron chi connectivity index (χ0n) is 1.84. The summed E-state index contributed by atoms with van der Waals surface area (Å²) in [5.41, 5.74) is 0. The smallest absolute Gasteiger partial charge is 0.154 e. The largest absolute Gasteiger partial charge is 0.235 e. The van der Waals surface area contributed by atoms with Crippen LogP contribution in [0, 0.1) is 10.1 Å². The monoisotopic (exact) mass is 78.0 g/mol. The van der Waals surface area contributed by atoms with Crippen molar-refractivity contribution in [2.75, 3.05) is 0 Å². The molecule has 0 rings (SSSR count). The van der Waals surface area contributed by atoms with Crippen LogP contribution in [0.1, 0.15) is 7.43 Å². The van der Waals surface area contributed by atoms with E-state index in [2.05, 4.69) is 5.84 Å². The third-order valence-electron chi connectivity index (χ3n) is 0. The Kier molecular flexibility index (Phi) is 5.69. The summed E-state index contributed by atoms with van der Waals surface area (Å²) in [6.07, 6.45) is 0. The lowest BCUT2D eigenvalue weighted by molar-refractivity contribution is -0.491. The Hall–Kier alpha value is -0.800. The standard InChI is InChI=1S/CH4.H2N2O2/c;1-2(3)4/h1H4;1H2. The van der Waals surface area contributed by atoms with Gasteiger partial charge in [0.2, 0.25) is 0 Å². The second kappa shape index (κ2) is 3.20. The Balaban J connectivity index is 0. The zero-order valence-corrected chi connectivity index (χ0v) is 1.84. The van der Waals surface area contributed by atoms with Crippen molar-refractivity contribution < 1.29 is 5.03 Å². The predicted octanol–water partition coefficient (Wildman–Crippen LogP) is -0.227. The molecule has 0 spiro atoms. The van der Waals surface area contributed by atoms with Gasteiger partial charge in [0.15, 0.2) is 5.03 Å². The van der Waals surface area contributed by atoms with Gasteiger partial charge in [-0.05, 0) is 0 Å². The first-order chi connectivity index (χ1) is 1.73. The van der Waals surface area contributed by atoms with Gasteiger partial charge in [0.25, 0.3) is 0 Å². The molecule has 0 amide bonds. The van der Waals surface area contributed by atoms with E-state index >= 15 is 0 Å². The van der Waals surface area contributed by atoms with E-state index in [0.29, 0.717) is 0 Å². The average molecular weight is 78.1 g/mol. The maximum absolute atomic E-state index is 8.58. The summed E-state index contributed by atoms with van der Waals surface area (Å²) in [7, 11) is 0. The van der Waals surface area contributed by atoms with Gasteiger partial charge in [0.05, 0.1) is 0 Å². The molecule has 4 nitrogen and oxygen atoms in total. The summed E-state index contributed by atoms with van der Waals surface area (Å²) in [6.45, 7) is 0. The van der Waals surface area contributed by atoms with Crippen LogP contribution in [-0.2, 0) is 0 Å². The highest BCUT2D eigenvalue weighted by Gasteiger charge is 1.57. The van der Waals surface area contributed by atoms with Crippen LogP contribution in [0.3, 0.4) is 0 Å². The van der Waals surface area contributed by atoms with Crippen LogP contribution in [0.4, 0.5) is 0 Å². The van der Waals surface area contributed by atoms with Crippen molar-refractivity contribution in [1.29, 1.82) is 0 Å². The summed E-state index contributed by atoms with van der Waals surface area (Å²) >= 11 is 0. The third kappa shape index (κ3) is 7.20. The molecule has 4 heteroatoms. The minimum Gasteiger partial charge on any atom is -0.235 e. The highest BCUT2D eigenvalue weighted by molar-refractivity contribution is 3.87. The van der Waals surface area contributed by atoms with Gasteiger partial charge in [-0.3, -0.25) is 0 Å². The lowest BCUT2D eigenvalue weighted by Gasteiger charge is -1.61. The fraction of sp³-hybridized carbons (Fsp3) is 1.00. The minimum absolute atomic E-state index is 0. The summed E-state index contributed by atoms with van der Waals surface area (Å²) in [5, 5.41) is 7.58. The van der Waals surface area contributed by atoms with E-state index in [1.165, 1.54) is 0 Å². The first-order valence-electron chi connectivity index (χ1n) is 0.623. The Morgan fingerprint density at radius 1 is 1.80 bits per heavy atom. The van der Waals surface area contributed by atoms with Gasteiger partial charge < -0.3 is 0 Å². The third-order valence-corrected chi connectivity index (χ3v) is 0. The molecule has 0 aliphatic heterocycles. The minimum atomic E-state index is -1.00. The fourth-order valence-electron chi connectivity index (χ4n) is 0. The normalized spacial score (nSPS) is 4.80. The number of hydrogen-bond donors (Lipinski definition) is 1. The molecule has 0 heterocycles. The number of nitrogens with zero attached hydrogens (tertiary/aromatic N) is 1. The second-order valence-corrected chi connectivity index (χ2v) is 0.285. The van der Waals surface area contributed by atoms with E-state index in [1.54, 1.807) is 0 Å². The molecule has 0 aromatic carbocycles. The molecule has 0 atom stereocenters. The molecule has 2 N–H and O–H groups in total. The van der Waals surface area contributed by atoms with Crippen molar-refractivity contribution in [2.24, 2.45) is 5.84 Å². The van der Waals surface area contributed by atoms with E-state index < -0.39 is 5.03 Å². The van der Waals surface area contributed by atoms with E-state index in [-0.39, 0.29) is 7.43 Å². The highest BCUT2D eigenvalue weighted by Crippen LogP contribution is 1.29. The van der Waals surface area contributed by atoms with Gasteiger partial charge in [-0.2, -0.15) is 5.84 Å². The average Bonchev–Trinajstić information content (AvgIpc) is 0.811. The van der Waals surface area contributed by atoms with Crippen molar-refractivity contribution in [1.82, 2.24) is 0 Å².